The molecular weight excluding hydrogens is 569 g/mol. The van der Waals surface area contributed by atoms with Crippen LogP contribution in [0.4, 0.5) is 0 Å². The lowest BCUT2D eigenvalue weighted by molar-refractivity contribution is 0.0969. The third-order valence-electron chi connectivity index (χ3n) is 13.2. The van der Waals surface area contributed by atoms with Gasteiger partial charge in [-0.1, -0.05) is 113 Å². The van der Waals surface area contributed by atoms with E-state index in [2.05, 4.69) is 127 Å². The number of rotatable bonds is 9. The van der Waals surface area contributed by atoms with Crippen molar-refractivity contribution in [3.05, 3.63) is 47.6 Å². The zero-order valence-electron chi connectivity index (χ0n) is 31.8. The van der Waals surface area contributed by atoms with E-state index < -0.39 is 16.6 Å². The first-order chi connectivity index (χ1) is 20.0. The van der Waals surface area contributed by atoms with E-state index in [0.29, 0.717) is 29.1 Å². The molecule has 3 rings (SSSR count). The molecule has 4 heteroatoms. The predicted molar refractivity (Wildman–Crippen MR) is 199 cm³/mol. The molecule has 0 N–H and O–H groups in total. The Hall–Kier alpha value is -0.686. The zero-order chi connectivity index (χ0) is 33.5. The van der Waals surface area contributed by atoms with Crippen molar-refractivity contribution in [3.8, 4) is 0 Å². The zero-order valence-corrected chi connectivity index (χ0v) is 33.8. The smallest absolute Gasteiger partial charge is 0.192 e. The molecule has 3 aliphatic rings. The Balaban J connectivity index is 1.90. The van der Waals surface area contributed by atoms with Crippen LogP contribution in [0.1, 0.15) is 121 Å². The Kier molecular flexibility index (Phi) is 11.9. The van der Waals surface area contributed by atoms with E-state index in [1.807, 2.05) is 0 Å². The molecule has 0 radical (unpaired) electrons. The molecule has 0 bridgehead atoms. The fourth-order valence-corrected chi connectivity index (χ4v) is 10.3. The van der Waals surface area contributed by atoms with E-state index in [4.69, 9.17) is 15.4 Å². The molecule has 3 saturated carbocycles. The quantitative estimate of drug-likeness (QED) is 0.184. The summed E-state index contributed by atoms with van der Waals surface area (Å²) in [6, 6.07) is 0. The van der Waals surface area contributed by atoms with Crippen LogP contribution >= 0.6 is 0 Å². The van der Waals surface area contributed by atoms with E-state index in [9.17, 15) is 0 Å². The van der Waals surface area contributed by atoms with Gasteiger partial charge >= 0.3 is 0 Å². The molecule has 0 aromatic heterocycles. The molecule has 252 valence electrons. The molecule has 0 spiro atoms. The molecule has 2 nitrogen and oxygen atoms in total. The average molecular weight is 641 g/mol. The first kappa shape index (κ1) is 37.8. The maximum Gasteiger partial charge on any atom is 0.192 e. The summed E-state index contributed by atoms with van der Waals surface area (Å²) in [7, 11) is -3.88. The Labute approximate surface area is 276 Å². The highest BCUT2D eigenvalue weighted by Gasteiger charge is 2.50. The summed E-state index contributed by atoms with van der Waals surface area (Å²) < 4.78 is 14.2. The minimum atomic E-state index is -1.96. The fraction of sp³-hybridized carbons (Fsp3) is 0.800. The van der Waals surface area contributed by atoms with Crippen molar-refractivity contribution in [2.24, 2.45) is 35.0 Å². The van der Waals surface area contributed by atoms with Crippen molar-refractivity contribution in [1.29, 1.82) is 0 Å². The Bertz CT molecular complexity index is 1100. The molecule has 0 aromatic carbocycles. The van der Waals surface area contributed by atoms with Gasteiger partial charge in [0.1, 0.15) is 0 Å². The highest BCUT2D eigenvalue weighted by Crippen LogP contribution is 2.59. The number of fused-ring (bicyclic) bond motifs is 1. The third-order valence-corrected chi connectivity index (χ3v) is 22.2. The predicted octanol–water partition coefficient (Wildman–Crippen LogP) is 12.7. The second-order valence-corrected chi connectivity index (χ2v) is 28.2. The molecule has 7 atom stereocenters. The number of hydrogen-bond donors (Lipinski definition) is 0. The average Bonchev–Trinajstić information content (AvgIpc) is 3.23. The molecule has 44 heavy (non-hydrogen) atoms. The summed E-state index contributed by atoms with van der Waals surface area (Å²) in [5.74, 6) is 3.47. The van der Waals surface area contributed by atoms with Gasteiger partial charge in [0.2, 0.25) is 0 Å². The van der Waals surface area contributed by atoms with Gasteiger partial charge in [-0.25, -0.2) is 0 Å². The van der Waals surface area contributed by atoms with Crippen molar-refractivity contribution >= 4 is 16.6 Å². The molecule has 0 amide bonds. The summed E-state index contributed by atoms with van der Waals surface area (Å²) in [5, 5.41) is 0.352. The van der Waals surface area contributed by atoms with Gasteiger partial charge in [0.05, 0.1) is 12.2 Å². The standard InChI is InChI=1S/C40H72O2Si2/c1-28(2)29(3)19-20-30(4)35-23-24-36-32(18-17-25-40(35,36)12)21-22-33-26-34(41-43(13,14)38(6,7)8)27-37(31(33)5)42-44(15,16)39(9,10)11/h19-22,28-30,34-37H,5,17-18,23-27H2,1-4,6-16H3/b20-19+,32-21?,33-22+/t29-,30+,34+,35+,36-,37-,40+/m0/s1. The lowest BCUT2D eigenvalue weighted by Crippen LogP contribution is -2.49. The van der Waals surface area contributed by atoms with Crippen LogP contribution in [0.5, 0.6) is 0 Å². The Morgan fingerprint density at radius 2 is 1.45 bits per heavy atom. The normalized spacial score (nSPS) is 32.6. The molecule has 3 fully saturated rings. The van der Waals surface area contributed by atoms with Gasteiger partial charge in [0.25, 0.3) is 0 Å². The summed E-state index contributed by atoms with van der Waals surface area (Å²) in [6.45, 7) is 40.5. The first-order valence-electron chi connectivity index (χ1n) is 18.1. The first-order valence-corrected chi connectivity index (χ1v) is 23.9. The van der Waals surface area contributed by atoms with Crippen molar-refractivity contribution in [2.75, 3.05) is 0 Å². The highest BCUT2D eigenvalue weighted by molar-refractivity contribution is 6.74. The van der Waals surface area contributed by atoms with E-state index >= 15 is 0 Å². The molecule has 0 aromatic rings. The minimum Gasteiger partial charge on any atom is -0.413 e. The van der Waals surface area contributed by atoms with Gasteiger partial charge in [0, 0.05) is 6.42 Å². The summed E-state index contributed by atoms with van der Waals surface area (Å²) >= 11 is 0. The molecule has 0 saturated heterocycles. The summed E-state index contributed by atoms with van der Waals surface area (Å²) in [5.41, 5.74) is 4.64. The van der Waals surface area contributed by atoms with Crippen LogP contribution in [0, 0.1) is 35.0 Å². The van der Waals surface area contributed by atoms with Crippen molar-refractivity contribution in [1.82, 2.24) is 0 Å². The lowest BCUT2D eigenvalue weighted by Gasteiger charge is -2.45. The van der Waals surface area contributed by atoms with Crippen molar-refractivity contribution in [3.63, 3.8) is 0 Å². The van der Waals surface area contributed by atoms with E-state index in [-0.39, 0.29) is 22.3 Å². The van der Waals surface area contributed by atoms with Crippen LogP contribution in [-0.2, 0) is 8.85 Å². The third kappa shape index (κ3) is 8.42. The van der Waals surface area contributed by atoms with Gasteiger partial charge in [-0.05, 0) is 121 Å². The second kappa shape index (κ2) is 13.8. The Morgan fingerprint density at radius 3 is 2.02 bits per heavy atom. The van der Waals surface area contributed by atoms with Gasteiger partial charge in [-0.2, -0.15) is 0 Å². The molecular formula is C40H72O2Si2. The molecule has 3 aliphatic carbocycles. The highest BCUT2D eigenvalue weighted by atomic mass is 28.4. The van der Waals surface area contributed by atoms with E-state index in [0.717, 1.165) is 18.8 Å². The number of hydrogen-bond acceptors (Lipinski definition) is 2. The molecule has 0 unspecified atom stereocenters. The van der Waals surface area contributed by atoms with Crippen LogP contribution in [-0.4, -0.2) is 28.8 Å². The van der Waals surface area contributed by atoms with Crippen LogP contribution in [0.25, 0.3) is 0 Å². The SMILES string of the molecule is C=C1/C(=C/C=C2CCC[C@]3(C)[C@@H]([C@H](C)/C=C/[C@H](C)C(C)C)CC[C@@H]23)C[C@@H](O[Si](C)(C)C(C)(C)C)C[C@@H]1O[Si](C)(C)C(C)(C)C. The van der Waals surface area contributed by atoms with Crippen molar-refractivity contribution in [2.45, 2.75) is 170 Å². The van der Waals surface area contributed by atoms with E-state index in [1.54, 1.807) is 5.57 Å². The van der Waals surface area contributed by atoms with Gasteiger partial charge < -0.3 is 8.85 Å². The topological polar surface area (TPSA) is 18.5 Å². The van der Waals surface area contributed by atoms with Gasteiger partial charge in [-0.3, -0.25) is 0 Å². The molecule has 0 heterocycles. The van der Waals surface area contributed by atoms with Gasteiger partial charge in [-0.15, -0.1) is 0 Å². The summed E-state index contributed by atoms with van der Waals surface area (Å²) in [4.78, 5) is 0. The van der Waals surface area contributed by atoms with Crippen LogP contribution in [0.3, 0.4) is 0 Å². The molecule has 0 aliphatic heterocycles. The largest absolute Gasteiger partial charge is 0.413 e. The van der Waals surface area contributed by atoms with Crippen molar-refractivity contribution < 1.29 is 8.85 Å². The van der Waals surface area contributed by atoms with Crippen LogP contribution in [0.15, 0.2) is 47.6 Å². The maximum absolute atomic E-state index is 7.09. The fourth-order valence-electron chi connectivity index (χ4n) is 7.62. The van der Waals surface area contributed by atoms with Crippen LogP contribution in [0.2, 0.25) is 36.3 Å². The second-order valence-electron chi connectivity index (χ2n) is 18.7. The summed E-state index contributed by atoms with van der Waals surface area (Å²) in [6.07, 6.45) is 18.8. The van der Waals surface area contributed by atoms with Crippen LogP contribution < -0.4 is 0 Å². The monoisotopic (exact) mass is 641 g/mol. The Morgan fingerprint density at radius 1 is 0.864 bits per heavy atom. The lowest BCUT2D eigenvalue weighted by atomic mass is 9.61. The van der Waals surface area contributed by atoms with E-state index in [1.165, 1.54) is 43.3 Å². The minimum absolute atomic E-state index is 0.0393. The van der Waals surface area contributed by atoms with Gasteiger partial charge in [0.15, 0.2) is 16.6 Å². The number of allylic oxidation sites excluding steroid dienone is 5. The maximum atomic E-state index is 7.09.